The molecular formula is C10H9F5N2O2. The summed E-state index contributed by atoms with van der Waals surface area (Å²) in [5.41, 5.74) is 0.983. The maximum absolute atomic E-state index is 12.8. The first kappa shape index (κ1) is 15.3. The Morgan fingerprint density at radius 2 is 2.00 bits per heavy atom. The smallest absolute Gasteiger partial charge is 0.418 e. The van der Waals surface area contributed by atoms with Crippen LogP contribution < -0.4 is 5.73 Å². The molecule has 0 fully saturated rings. The summed E-state index contributed by atoms with van der Waals surface area (Å²) in [7, 11) is 0. The third-order valence-corrected chi connectivity index (χ3v) is 2.34. The monoisotopic (exact) mass is 284 g/mol. The zero-order valence-corrected chi connectivity index (χ0v) is 9.34. The van der Waals surface area contributed by atoms with Gasteiger partial charge in [0.15, 0.2) is 0 Å². The van der Waals surface area contributed by atoms with Crippen molar-refractivity contribution >= 4 is 5.97 Å². The van der Waals surface area contributed by atoms with Crippen LogP contribution in [0, 0.1) is 0 Å². The largest absolute Gasteiger partial charge is 0.481 e. The molecule has 0 aliphatic heterocycles. The van der Waals surface area contributed by atoms with Crippen LogP contribution in [0.5, 0.6) is 0 Å². The Labute approximate surface area is 104 Å². The molecule has 0 saturated carbocycles. The van der Waals surface area contributed by atoms with E-state index in [9.17, 15) is 26.7 Å². The molecule has 1 heterocycles. The predicted molar refractivity (Wildman–Crippen MR) is 53.4 cm³/mol. The van der Waals surface area contributed by atoms with Crippen molar-refractivity contribution in [3.05, 3.63) is 28.6 Å². The van der Waals surface area contributed by atoms with E-state index >= 15 is 0 Å². The summed E-state index contributed by atoms with van der Waals surface area (Å²) in [6, 6.07) is 0. The lowest BCUT2D eigenvalue weighted by atomic mass is 9.97. The van der Waals surface area contributed by atoms with Crippen LogP contribution in [0.3, 0.4) is 0 Å². The molecule has 0 unspecified atom stereocenters. The number of carboxylic acids is 1. The Morgan fingerprint density at radius 1 is 1.42 bits per heavy atom. The summed E-state index contributed by atoms with van der Waals surface area (Å²) in [4.78, 5) is 13.6. The number of nitrogens with zero attached hydrogens (tertiary/aromatic N) is 1. The summed E-state index contributed by atoms with van der Waals surface area (Å²) in [5, 5.41) is 8.59. The minimum atomic E-state index is -5.13. The molecule has 0 radical (unpaired) electrons. The highest BCUT2D eigenvalue weighted by Crippen LogP contribution is 2.38. The number of halogens is 5. The first-order chi connectivity index (χ1) is 8.68. The van der Waals surface area contributed by atoms with Crippen molar-refractivity contribution in [1.82, 2.24) is 4.98 Å². The van der Waals surface area contributed by atoms with E-state index < -0.39 is 48.4 Å². The molecule has 0 saturated heterocycles. The lowest BCUT2D eigenvalue weighted by molar-refractivity contribution is -0.141. The molecule has 0 aromatic carbocycles. The van der Waals surface area contributed by atoms with Crippen LogP contribution in [0.25, 0.3) is 0 Å². The van der Waals surface area contributed by atoms with Crippen LogP contribution in [-0.4, -0.2) is 16.1 Å². The number of hydrogen-bond acceptors (Lipinski definition) is 3. The average molecular weight is 284 g/mol. The molecule has 0 atom stereocenters. The highest BCUT2D eigenvalue weighted by molar-refractivity contribution is 5.71. The van der Waals surface area contributed by atoms with Gasteiger partial charge in [-0.15, -0.1) is 0 Å². The molecule has 0 spiro atoms. The van der Waals surface area contributed by atoms with Crippen molar-refractivity contribution < 1.29 is 31.9 Å². The van der Waals surface area contributed by atoms with E-state index in [1.54, 1.807) is 0 Å². The fourth-order valence-corrected chi connectivity index (χ4v) is 1.62. The maximum atomic E-state index is 12.8. The van der Waals surface area contributed by atoms with Crippen molar-refractivity contribution in [3.8, 4) is 0 Å². The molecule has 0 amide bonds. The quantitative estimate of drug-likeness (QED) is 0.830. The normalized spacial score (nSPS) is 11.9. The van der Waals surface area contributed by atoms with Crippen LogP contribution in [0.2, 0.25) is 0 Å². The summed E-state index contributed by atoms with van der Waals surface area (Å²) in [6.45, 7) is -0.428. The van der Waals surface area contributed by atoms with Crippen molar-refractivity contribution in [2.24, 2.45) is 5.73 Å². The molecular weight excluding hydrogens is 275 g/mol. The van der Waals surface area contributed by atoms with Gasteiger partial charge in [-0.25, -0.2) is 8.78 Å². The lowest BCUT2D eigenvalue weighted by Gasteiger charge is -2.18. The standard InChI is InChI=1S/C10H9F5N2O2/c11-9(12)8-7(10(13,14)15)5(1-6(18)19)4(2-16)3-17-8/h3,9H,1-2,16H2,(H,18,19). The SMILES string of the molecule is NCc1cnc(C(F)F)c(C(F)(F)F)c1CC(=O)O. The fraction of sp³-hybridized carbons (Fsp3) is 0.400. The highest BCUT2D eigenvalue weighted by atomic mass is 19.4. The second-order valence-corrected chi connectivity index (χ2v) is 3.60. The molecule has 9 heteroatoms. The second kappa shape index (κ2) is 5.47. The van der Waals surface area contributed by atoms with E-state index in [-0.39, 0.29) is 5.56 Å². The highest BCUT2D eigenvalue weighted by Gasteiger charge is 2.40. The van der Waals surface area contributed by atoms with Gasteiger partial charge in [-0.2, -0.15) is 13.2 Å². The van der Waals surface area contributed by atoms with E-state index in [2.05, 4.69) is 4.98 Å². The van der Waals surface area contributed by atoms with E-state index in [0.29, 0.717) is 0 Å². The van der Waals surface area contributed by atoms with Gasteiger partial charge in [-0.3, -0.25) is 9.78 Å². The first-order valence-corrected chi connectivity index (χ1v) is 4.96. The van der Waals surface area contributed by atoms with Gasteiger partial charge in [0.1, 0.15) is 5.69 Å². The molecule has 0 aliphatic rings. The van der Waals surface area contributed by atoms with Crippen LogP contribution in [0.15, 0.2) is 6.20 Å². The summed E-state index contributed by atoms with van der Waals surface area (Å²) < 4.78 is 63.6. The van der Waals surface area contributed by atoms with E-state index in [0.717, 1.165) is 6.20 Å². The number of pyridine rings is 1. The molecule has 1 aromatic heterocycles. The Hall–Kier alpha value is -1.77. The van der Waals surface area contributed by atoms with E-state index in [4.69, 9.17) is 10.8 Å². The van der Waals surface area contributed by atoms with Gasteiger partial charge in [0.2, 0.25) is 0 Å². The van der Waals surface area contributed by atoms with Crippen molar-refractivity contribution in [1.29, 1.82) is 0 Å². The number of rotatable bonds is 4. The van der Waals surface area contributed by atoms with Gasteiger partial charge in [0.05, 0.1) is 12.0 Å². The Balaban J connectivity index is 3.61. The minimum Gasteiger partial charge on any atom is -0.481 e. The number of alkyl halides is 5. The van der Waals surface area contributed by atoms with Gasteiger partial charge in [-0.1, -0.05) is 0 Å². The van der Waals surface area contributed by atoms with E-state index in [1.807, 2.05) is 0 Å². The predicted octanol–water partition coefficient (Wildman–Crippen LogP) is 2.12. The zero-order chi connectivity index (χ0) is 14.8. The molecule has 19 heavy (non-hydrogen) atoms. The summed E-state index contributed by atoms with van der Waals surface area (Å²) in [6.07, 6.45) is -8.90. The summed E-state index contributed by atoms with van der Waals surface area (Å²) in [5.74, 6) is -1.58. The second-order valence-electron chi connectivity index (χ2n) is 3.60. The van der Waals surface area contributed by atoms with Crippen LogP contribution in [0.4, 0.5) is 22.0 Å². The van der Waals surface area contributed by atoms with Crippen molar-refractivity contribution in [2.45, 2.75) is 25.6 Å². The van der Waals surface area contributed by atoms with Crippen molar-refractivity contribution in [2.75, 3.05) is 0 Å². The van der Waals surface area contributed by atoms with Crippen LogP contribution >= 0.6 is 0 Å². The molecule has 1 rings (SSSR count). The number of carboxylic acid groups (broad SMARTS) is 1. The number of aromatic nitrogens is 1. The number of carbonyl (C=O) groups is 1. The first-order valence-electron chi connectivity index (χ1n) is 4.96. The number of hydrogen-bond donors (Lipinski definition) is 2. The number of aliphatic carboxylic acids is 1. The average Bonchev–Trinajstić information content (AvgIpc) is 2.25. The topological polar surface area (TPSA) is 76.2 Å². The Kier molecular flexibility index (Phi) is 4.40. The molecule has 106 valence electrons. The van der Waals surface area contributed by atoms with Gasteiger partial charge in [0, 0.05) is 12.7 Å². The molecule has 0 bridgehead atoms. The Bertz CT molecular complexity index is 488. The van der Waals surface area contributed by atoms with Crippen LogP contribution in [-0.2, 0) is 23.9 Å². The van der Waals surface area contributed by atoms with Gasteiger partial charge >= 0.3 is 12.1 Å². The summed E-state index contributed by atoms with van der Waals surface area (Å²) >= 11 is 0. The minimum absolute atomic E-state index is 0.223. The molecule has 0 aliphatic carbocycles. The third kappa shape index (κ3) is 3.37. The van der Waals surface area contributed by atoms with Gasteiger partial charge in [-0.05, 0) is 11.1 Å². The zero-order valence-electron chi connectivity index (χ0n) is 9.34. The van der Waals surface area contributed by atoms with Gasteiger partial charge < -0.3 is 10.8 Å². The van der Waals surface area contributed by atoms with Gasteiger partial charge in [0.25, 0.3) is 6.43 Å². The Morgan fingerprint density at radius 3 is 2.37 bits per heavy atom. The van der Waals surface area contributed by atoms with Crippen molar-refractivity contribution in [3.63, 3.8) is 0 Å². The van der Waals surface area contributed by atoms with E-state index in [1.165, 1.54) is 0 Å². The third-order valence-electron chi connectivity index (χ3n) is 2.34. The van der Waals surface area contributed by atoms with Crippen LogP contribution in [0.1, 0.15) is 28.8 Å². The molecule has 3 N–H and O–H groups in total. The molecule has 4 nitrogen and oxygen atoms in total. The molecule has 1 aromatic rings. The number of nitrogens with two attached hydrogens (primary N) is 1. The lowest BCUT2D eigenvalue weighted by Crippen LogP contribution is -2.20. The maximum Gasteiger partial charge on any atom is 0.418 e. The fourth-order valence-electron chi connectivity index (χ4n) is 1.62.